The molecule has 1 heterocycles. The summed E-state index contributed by atoms with van der Waals surface area (Å²) in [4.78, 5) is 27.0. The first-order valence-corrected chi connectivity index (χ1v) is 8.60. The van der Waals surface area contributed by atoms with Gasteiger partial charge >= 0.3 is 18.1 Å². The standard InChI is InChI=1S/C20H19F3N2O3/c1-13-8-9-16-14(10-13)11-24(15-6-4-3-5-7-15)12-17(18(26)28-2)25(16)19(27)20(21,22)23/h3-10,17H,11-12H2,1-2H3. The van der Waals surface area contributed by atoms with Crippen molar-refractivity contribution in [3.05, 3.63) is 59.7 Å². The van der Waals surface area contributed by atoms with Crippen LogP contribution < -0.4 is 9.80 Å². The number of esters is 1. The van der Waals surface area contributed by atoms with E-state index in [4.69, 9.17) is 4.74 Å². The van der Waals surface area contributed by atoms with Crippen molar-refractivity contribution in [2.75, 3.05) is 23.5 Å². The Morgan fingerprint density at radius 2 is 1.79 bits per heavy atom. The summed E-state index contributed by atoms with van der Waals surface area (Å²) >= 11 is 0. The molecule has 0 fully saturated rings. The molecule has 0 aromatic heterocycles. The lowest BCUT2D eigenvalue weighted by Crippen LogP contribution is -2.54. The quantitative estimate of drug-likeness (QED) is 0.735. The molecule has 1 atom stereocenters. The van der Waals surface area contributed by atoms with Crippen LogP contribution in [0.4, 0.5) is 24.5 Å². The summed E-state index contributed by atoms with van der Waals surface area (Å²) in [6.45, 7) is 1.92. The smallest absolute Gasteiger partial charge is 0.467 e. The third-order valence-corrected chi connectivity index (χ3v) is 4.62. The number of amides is 1. The average Bonchev–Trinajstić information content (AvgIpc) is 2.83. The molecule has 1 unspecified atom stereocenters. The molecule has 148 valence electrons. The maximum absolute atomic E-state index is 13.3. The Morgan fingerprint density at radius 1 is 1.11 bits per heavy atom. The monoisotopic (exact) mass is 392 g/mol. The van der Waals surface area contributed by atoms with E-state index in [-0.39, 0.29) is 18.8 Å². The van der Waals surface area contributed by atoms with Crippen molar-refractivity contribution in [2.45, 2.75) is 25.7 Å². The molecule has 0 bridgehead atoms. The lowest BCUT2D eigenvalue weighted by Gasteiger charge is -2.31. The highest BCUT2D eigenvalue weighted by molar-refractivity contribution is 6.03. The number of carbonyl (C=O) groups excluding carboxylic acids is 2. The van der Waals surface area contributed by atoms with Crippen LogP contribution in [0.5, 0.6) is 0 Å². The second-order valence-corrected chi connectivity index (χ2v) is 6.56. The van der Waals surface area contributed by atoms with Gasteiger partial charge in [-0.25, -0.2) is 4.79 Å². The first kappa shape index (κ1) is 19.7. The van der Waals surface area contributed by atoms with Crippen molar-refractivity contribution < 1.29 is 27.5 Å². The highest BCUT2D eigenvalue weighted by Crippen LogP contribution is 2.34. The minimum atomic E-state index is -5.13. The van der Waals surface area contributed by atoms with Crippen molar-refractivity contribution in [1.29, 1.82) is 0 Å². The predicted molar refractivity (Wildman–Crippen MR) is 98.0 cm³/mol. The summed E-state index contributed by atoms with van der Waals surface area (Å²) in [6, 6.07) is 12.3. The first-order chi connectivity index (χ1) is 13.2. The van der Waals surface area contributed by atoms with E-state index in [0.717, 1.165) is 18.4 Å². The molecule has 0 saturated heterocycles. The summed E-state index contributed by atoms with van der Waals surface area (Å²) in [5.41, 5.74) is 2.14. The number of anilines is 2. The number of nitrogens with zero attached hydrogens (tertiary/aromatic N) is 2. The van der Waals surface area contributed by atoms with E-state index >= 15 is 0 Å². The van der Waals surface area contributed by atoms with E-state index in [1.807, 2.05) is 13.0 Å². The summed E-state index contributed by atoms with van der Waals surface area (Å²) in [6.07, 6.45) is -5.13. The van der Waals surface area contributed by atoms with Gasteiger partial charge in [-0.05, 0) is 30.7 Å². The molecule has 1 aliphatic heterocycles. The second kappa shape index (κ2) is 7.53. The average molecular weight is 392 g/mol. The van der Waals surface area contributed by atoms with E-state index in [9.17, 15) is 22.8 Å². The van der Waals surface area contributed by atoms with Crippen LogP contribution in [0.1, 0.15) is 11.1 Å². The molecular weight excluding hydrogens is 373 g/mol. The highest BCUT2D eigenvalue weighted by atomic mass is 19.4. The molecule has 28 heavy (non-hydrogen) atoms. The number of hydrogen-bond donors (Lipinski definition) is 0. The number of alkyl halides is 3. The van der Waals surface area contributed by atoms with Gasteiger partial charge in [0.2, 0.25) is 0 Å². The van der Waals surface area contributed by atoms with Crippen LogP contribution in [-0.2, 0) is 20.9 Å². The van der Waals surface area contributed by atoms with Crippen LogP contribution in [-0.4, -0.2) is 37.7 Å². The van der Waals surface area contributed by atoms with E-state index in [0.29, 0.717) is 10.5 Å². The summed E-state index contributed by atoms with van der Waals surface area (Å²) in [5, 5.41) is 0. The Balaban J connectivity index is 2.18. The lowest BCUT2D eigenvalue weighted by molar-refractivity contribution is -0.171. The van der Waals surface area contributed by atoms with Crippen LogP contribution in [0, 0.1) is 6.92 Å². The molecular formula is C20H19F3N2O3. The number of methoxy groups -OCH3 is 1. The number of rotatable bonds is 2. The third-order valence-electron chi connectivity index (χ3n) is 4.62. The molecule has 2 aromatic carbocycles. The van der Waals surface area contributed by atoms with Crippen molar-refractivity contribution in [3.8, 4) is 0 Å². The van der Waals surface area contributed by atoms with E-state index < -0.39 is 24.1 Å². The van der Waals surface area contributed by atoms with Crippen molar-refractivity contribution in [1.82, 2.24) is 0 Å². The summed E-state index contributed by atoms with van der Waals surface area (Å²) in [7, 11) is 1.09. The van der Waals surface area contributed by atoms with Crippen LogP contribution in [0.3, 0.4) is 0 Å². The van der Waals surface area contributed by atoms with Crippen LogP contribution in [0.25, 0.3) is 0 Å². The van der Waals surface area contributed by atoms with Crippen molar-refractivity contribution >= 4 is 23.3 Å². The topological polar surface area (TPSA) is 49.9 Å². The maximum atomic E-state index is 13.3. The molecule has 1 amide bonds. The van der Waals surface area contributed by atoms with Gasteiger partial charge in [-0.15, -0.1) is 0 Å². The molecule has 5 nitrogen and oxygen atoms in total. The zero-order valence-corrected chi connectivity index (χ0v) is 15.4. The Hall–Kier alpha value is -3.03. The van der Waals surface area contributed by atoms with Gasteiger partial charge in [0.05, 0.1) is 12.8 Å². The fourth-order valence-electron chi connectivity index (χ4n) is 3.34. The van der Waals surface area contributed by atoms with E-state index in [2.05, 4.69) is 0 Å². The SMILES string of the molecule is COC(=O)C1CN(c2ccccc2)Cc2cc(C)ccc2N1C(=O)C(F)(F)F. The van der Waals surface area contributed by atoms with E-state index in [1.165, 1.54) is 6.07 Å². The Bertz CT molecular complexity index is 884. The van der Waals surface area contributed by atoms with Gasteiger partial charge in [0.25, 0.3) is 0 Å². The number of carbonyl (C=O) groups is 2. The maximum Gasteiger partial charge on any atom is 0.471 e. The molecule has 3 rings (SSSR count). The van der Waals surface area contributed by atoms with Gasteiger partial charge in [-0.2, -0.15) is 13.2 Å². The lowest BCUT2D eigenvalue weighted by atomic mass is 10.1. The number of halogens is 3. The fourth-order valence-corrected chi connectivity index (χ4v) is 3.34. The molecule has 1 aliphatic rings. The highest BCUT2D eigenvalue weighted by Gasteiger charge is 2.49. The number of para-hydroxylation sites is 1. The summed E-state index contributed by atoms with van der Waals surface area (Å²) < 4.78 is 44.8. The number of benzene rings is 2. The zero-order chi connectivity index (χ0) is 20.5. The van der Waals surface area contributed by atoms with Gasteiger partial charge < -0.3 is 9.64 Å². The Morgan fingerprint density at radius 3 is 2.39 bits per heavy atom. The number of ether oxygens (including phenoxy) is 1. The van der Waals surface area contributed by atoms with Crippen LogP contribution >= 0.6 is 0 Å². The number of hydrogen-bond acceptors (Lipinski definition) is 4. The van der Waals surface area contributed by atoms with Gasteiger partial charge in [-0.1, -0.05) is 35.9 Å². The zero-order valence-electron chi connectivity index (χ0n) is 15.4. The Kier molecular flexibility index (Phi) is 5.31. The molecule has 0 N–H and O–H groups in total. The van der Waals surface area contributed by atoms with Crippen LogP contribution in [0.15, 0.2) is 48.5 Å². The molecule has 2 aromatic rings. The van der Waals surface area contributed by atoms with Crippen LogP contribution in [0.2, 0.25) is 0 Å². The fraction of sp³-hybridized carbons (Fsp3) is 0.300. The second-order valence-electron chi connectivity index (χ2n) is 6.56. The summed E-state index contributed by atoms with van der Waals surface area (Å²) in [5.74, 6) is -3.00. The van der Waals surface area contributed by atoms with E-state index in [1.54, 1.807) is 41.3 Å². The van der Waals surface area contributed by atoms with Gasteiger partial charge in [0.15, 0.2) is 6.04 Å². The first-order valence-electron chi connectivity index (χ1n) is 8.60. The Labute approximate surface area is 160 Å². The molecule has 8 heteroatoms. The van der Waals surface area contributed by atoms with Gasteiger partial charge in [0, 0.05) is 18.8 Å². The van der Waals surface area contributed by atoms with Crippen molar-refractivity contribution in [3.63, 3.8) is 0 Å². The minimum absolute atomic E-state index is 0.0572. The molecule has 0 saturated carbocycles. The van der Waals surface area contributed by atoms with Gasteiger partial charge in [0.1, 0.15) is 0 Å². The molecule has 0 aliphatic carbocycles. The molecule has 0 radical (unpaired) electrons. The van der Waals surface area contributed by atoms with Crippen molar-refractivity contribution in [2.24, 2.45) is 0 Å². The largest absolute Gasteiger partial charge is 0.471 e. The number of aryl methyl sites for hydroxylation is 1. The predicted octanol–water partition coefficient (Wildman–Crippen LogP) is 3.45. The third kappa shape index (κ3) is 3.81. The minimum Gasteiger partial charge on any atom is -0.467 e. The van der Waals surface area contributed by atoms with Gasteiger partial charge in [-0.3, -0.25) is 9.69 Å². The molecule has 0 spiro atoms. The number of fused-ring (bicyclic) bond motifs is 1. The normalized spacial score (nSPS) is 17.0.